The van der Waals surface area contributed by atoms with E-state index in [2.05, 4.69) is 27.4 Å². The molecule has 0 radical (unpaired) electrons. The molecular weight excluding hydrogens is 307 g/mol. The van der Waals surface area contributed by atoms with Crippen molar-refractivity contribution < 1.29 is 4.39 Å². The van der Waals surface area contributed by atoms with E-state index in [1.165, 1.54) is 17.7 Å². The molecule has 3 rings (SSSR count). The van der Waals surface area contributed by atoms with Gasteiger partial charge in [-0.05, 0) is 41.8 Å². The third-order valence-corrected chi connectivity index (χ3v) is 3.67. The summed E-state index contributed by atoms with van der Waals surface area (Å²) in [6.07, 6.45) is 1.27. The first kappa shape index (κ1) is 15.9. The lowest BCUT2D eigenvalue weighted by molar-refractivity contribution is 0.627. The van der Waals surface area contributed by atoms with E-state index in [1.807, 2.05) is 24.3 Å². The highest BCUT2D eigenvalue weighted by atomic mass is 19.1. The number of anilines is 2. The first-order valence-corrected chi connectivity index (χ1v) is 7.70. The van der Waals surface area contributed by atoms with Crippen LogP contribution in [0, 0.1) is 5.82 Å². The van der Waals surface area contributed by atoms with Crippen molar-refractivity contribution in [2.75, 3.05) is 5.32 Å². The fourth-order valence-electron chi connectivity index (χ4n) is 2.29. The molecular formula is C18H17FN4O. The van der Waals surface area contributed by atoms with Gasteiger partial charge in [-0.15, -0.1) is 10.2 Å². The minimum absolute atomic E-state index is 0.284. The predicted molar refractivity (Wildman–Crippen MR) is 91.0 cm³/mol. The summed E-state index contributed by atoms with van der Waals surface area (Å²) < 4.78 is 12.9. The molecule has 0 unspecified atom stereocenters. The van der Waals surface area contributed by atoms with Gasteiger partial charge in [-0.1, -0.05) is 31.2 Å². The molecule has 1 aromatic heterocycles. The number of halogens is 1. The van der Waals surface area contributed by atoms with E-state index in [-0.39, 0.29) is 23.0 Å². The van der Waals surface area contributed by atoms with Crippen LogP contribution in [0.3, 0.4) is 0 Å². The molecule has 5 nitrogen and oxygen atoms in total. The van der Waals surface area contributed by atoms with Gasteiger partial charge in [0.15, 0.2) is 0 Å². The standard InChI is InChI=1S/C18H17FN4O/c1-2-12-5-9-15(10-6-12)20-18-21-17(24)16(22-23-18)11-13-3-7-14(19)8-4-13/h3-10H,2,11H2,1H3,(H2,20,21,23,24). The molecule has 24 heavy (non-hydrogen) atoms. The smallest absolute Gasteiger partial charge is 0.274 e. The van der Waals surface area contributed by atoms with Crippen LogP contribution in [0.4, 0.5) is 16.0 Å². The number of benzene rings is 2. The summed E-state index contributed by atoms with van der Waals surface area (Å²) in [6, 6.07) is 13.8. The third kappa shape index (κ3) is 3.84. The maximum Gasteiger partial charge on any atom is 0.274 e. The summed E-state index contributed by atoms with van der Waals surface area (Å²) >= 11 is 0. The Labute approximate surface area is 138 Å². The first-order valence-electron chi connectivity index (χ1n) is 7.70. The molecule has 2 aromatic carbocycles. The van der Waals surface area contributed by atoms with Crippen LogP contribution in [-0.4, -0.2) is 15.2 Å². The van der Waals surface area contributed by atoms with Crippen molar-refractivity contribution in [2.45, 2.75) is 19.8 Å². The maximum absolute atomic E-state index is 12.9. The molecule has 2 N–H and O–H groups in total. The Hall–Kier alpha value is -3.02. The van der Waals surface area contributed by atoms with Gasteiger partial charge in [-0.2, -0.15) is 0 Å². The van der Waals surface area contributed by atoms with Gasteiger partial charge >= 0.3 is 0 Å². The van der Waals surface area contributed by atoms with Gasteiger partial charge in [-0.25, -0.2) is 4.39 Å². The number of nitrogens with one attached hydrogen (secondary N) is 2. The zero-order valence-corrected chi connectivity index (χ0v) is 13.2. The second kappa shape index (κ2) is 7.04. The topological polar surface area (TPSA) is 70.7 Å². The van der Waals surface area contributed by atoms with Gasteiger partial charge < -0.3 is 5.32 Å². The Kier molecular flexibility index (Phi) is 4.65. The van der Waals surface area contributed by atoms with E-state index in [4.69, 9.17) is 0 Å². The zero-order valence-electron chi connectivity index (χ0n) is 13.2. The van der Waals surface area contributed by atoms with Crippen molar-refractivity contribution in [3.05, 3.63) is 81.5 Å². The Morgan fingerprint density at radius 3 is 2.29 bits per heavy atom. The van der Waals surface area contributed by atoms with Gasteiger partial charge in [0.2, 0.25) is 5.95 Å². The lowest BCUT2D eigenvalue weighted by Gasteiger charge is -2.06. The number of aryl methyl sites for hydroxylation is 1. The molecule has 0 saturated carbocycles. The average molecular weight is 324 g/mol. The van der Waals surface area contributed by atoms with Crippen LogP contribution in [0.15, 0.2) is 53.3 Å². The molecule has 0 atom stereocenters. The summed E-state index contributed by atoms with van der Waals surface area (Å²) in [7, 11) is 0. The van der Waals surface area contributed by atoms with Crippen LogP contribution >= 0.6 is 0 Å². The molecule has 6 heteroatoms. The maximum atomic E-state index is 12.9. The second-order valence-electron chi connectivity index (χ2n) is 5.43. The number of H-pyrrole nitrogens is 1. The van der Waals surface area contributed by atoms with E-state index < -0.39 is 0 Å². The number of nitrogens with zero attached hydrogens (tertiary/aromatic N) is 2. The summed E-state index contributed by atoms with van der Waals surface area (Å²) in [5.74, 6) is -0.0283. The summed E-state index contributed by atoms with van der Waals surface area (Å²) in [6.45, 7) is 2.09. The van der Waals surface area contributed by atoms with E-state index in [9.17, 15) is 9.18 Å². The van der Waals surface area contributed by atoms with Crippen molar-refractivity contribution in [1.82, 2.24) is 15.2 Å². The lowest BCUT2D eigenvalue weighted by atomic mass is 10.1. The predicted octanol–water partition coefficient (Wildman–Crippen LogP) is 3.20. The number of hydrogen-bond donors (Lipinski definition) is 2. The molecule has 1 heterocycles. The number of aromatic amines is 1. The molecule has 0 aliphatic rings. The summed E-state index contributed by atoms with van der Waals surface area (Å²) in [5, 5.41) is 11.0. The number of aromatic nitrogens is 3. The second-order valence-corrected chi connectivity index (χ2v) is 5.43. The van der Waals surface area contributed by atoms with E-state index in [1.54, 1.807) is 12.1 Å². The first-order chi connectivity index (χ1) is 11.6. The van der Waals surface area contributed by atoms with Crippen LogP contribution in [-0.2, 0) is 12.8 Å². The fraction of sp³-hybridized carbons (Fsp3) is 0.167. The fourth-order valence-corrected chi connectivity index (χ4v) is 2.29. The molecule has 122 valence electrons. The monoisotopic (exact) mass is 324 g/mol. The molecule has 0 bridgehead atoms. The highest BCUT2D eigenvalue weighted by Gasteiger charge is 2.07. The van der Waals surface area contributed by atoms with Crippen LogP contribution in [0.25, 0.3) is 0 Å². The van der Waals surface area contributed by atoms with Crippen molar-refractivity contribution in [2.24, 2.45) is 0 Å². The van der Waals surface area contributed by atoms with Crippen LogP contribution in [0.5, 0.6) is 0 Å². The van der Waals surface area contributed by atoms with Gasteiger partial charge in [0, 0.05) is 12.1 Å². The van der Waals surface area contributed by atoms with Crippen LogP contribution in [0.1, 0.15) is 23.7 Å². The van der Waals surface area contributed by atoms with Gasteiger partial charge in [0.1, 0.15) is 11.5 Å². The van der Waals surface area contributed by atoms with Crippen molar-refractivity contribution in [1.29, 1.82) is 0 Å². The number of rotatable bonds is 5. The Bertz CT molecular complexity index is 873. The van der Waals surface area contributed by atoms with Gasteiger partial charge in [-0.3, -0.25) is 9.78 Å². The highest BCUT2D eigenvalue weighted by molar-refractivity contribution is 5.53. The molecule has 0 saturated heterocycles. The molecule has 0 spiro atoms. The zero-order chi connectivity index (χ0) is 16.9. The van der Waals surface area contributed by atoms with E-state index >= 15 is 0 Å². The molecule has 3 aromatic rings. The van der Waals surface area contributed by atoms with Crippen LogP contribution < -0.4 is 10.9 Å². The van der Waals surface area contributed by atoms with E-state index in [0.29, 0.717) is 6.42 Å². The lowest BCUT2D eigenvalue weighted by Crippen LogP contribution is -2.18. The highest BCUT2D eigenvalue weighted by Crippen LogP contribution is 2.13. The molecule has 0 aliphatic carbocycles. The minimum atomic E-state index is -0.318. The van der Waals surface area contributed by atoms with E-state index in [0.717, 1.165) is 17.7 Å². The minimum Gasteiger partial charge on any atom is -0.324 e. The molecule has 0 aliphatic heterocycles. The summed E-state index contributed by atoms with van der Waals surface area (Å²) in [4.78, 5) is 14.8. The van der Waals surface area contributed by atoms with Crippen molar-refractivity contribution in [3.63, 3.8) is 0 Å². The van der Waals surface area contributed by atoms with Crippen molar-refractivity contribution >= 4 is 11.6 Å². The molecule has 0 amide bonds. The molecule has 0 fully saturated rings. The largest absolute Gasteiger partial charge is 0.324 e. The van der Waals surface area contributed by atoms with Gasteiger partial charge in [0.05, 0.1) is 0 Å². The average Bonchev–Trinajstić information content (AvgIpc) is 2.60. The normalized spacial score (nSPS) is 10.6. The van der Waals surface area contributed by atoms with Gasteiger partial charge in [0.25, 0.3) is 5.56 Å². The SMILES string of the molecule is CCc1ccc(Nc2nnc(Cc3ccc(F)cc3)c(=O)[nH]2)cc1. The van der Waals surface area contributed by atoms with Crippen LogP contribution in [0.2, 0.25) is 0 Å². The summed E-state index contributed by atoms with van der Waals surface area (Å²) in [5.41, 5.74) is 2.82. The Morgan fingerprint density at radius 2 is 1.67 bits per heavy atom. The Balaban J connectivity index is 1.74. The van der Waals surface area contributed by atoms with Crippen molar-refractivity contribution in [3.8, 4) is 0 Å². The number of hydrogen-bond acceptors (Lipinski definition) is 4. The quantitative estimate of drug-likeness (QED) is 0.756. The Morgan fingerprint density at radius 1 is 1.00 bits per heavy atom. The third-order valence-electron chi connectivity index (χ3n) is 3.67.